The van der Waals surface area contributed by atoms with Crippen LogP contribution in [0, 0.1) is 0 Å². The average Bonchev–Trinajstić information content (AvgIpc) is 3.11. The van der Waals surface area contributed by atoms with Crippen LogP contribution in [0.25, 0.3) is 22.3 Å². The van der Waals surface area contributed by atoms with Crippen molar-refractivity contribution in [2.45, 2.75) is 68.3 Å². The lowest BCUT2D eigenvalue weighted by atomic mass is 9.98. The van der Waals surface area contributed by atoms with Gasteiger partial charge in [-0.3, -0.25) is 0 Å². The number of hydrogen-bond acceptors (Lipinski definition) is 18. The summed E-state index contributed by atoms with van der Waals surface area (Å²) in [5, 5.41) is 123. The summed E-state index contributed by atoms with van der Waals surface area (Å²) in [6.45, 7) is 0.734. The van der Waals surface area contributed by atoms with Gasteiger partial charge in [0.25, 0.3) is 0 Å². The Kier molecular flexibility index (Phi) is 10.3. The van der Waals surface area contributed by atoms with Crippen molar-refractivity contribution in [1.29, 1.82) is 0 Å². The fourth-order valence-electron chi connectivity index (χ4n) is 5.78. The van der Waals surface area contributed by atoms with Gasteiger partial charge in [-0.25, -0.2) is 9.21 Å². The monoisotopic (exact) mass is 747 g/mol. The maximum Gasteiger partial charge on any atom is 0.402 e. The van der Waals surface area contributed by atoms with E-state index < -0.39 is 114 Å². The van der Waals surface area contributed by atoms with E-state index in [0.717, 1.165) is 36.4 Å². The predicted octanol–water partition coefficient (Wildman–Crippen LogP) is 0.215. The molecule has 0 aliphatic carbocycles. The van der Waals surface area contributed by atoms with Crippen molar-refractivity contribution < 1.29 is 94.2 Å². The minimum absolute atomic E-state index is 0.0392. The Hall–Kier alpha value is -5.38. The molecule has 0 amide bonds. The van der Waals surface area contributed by atoms with E-state index in [0.29, 0.717) is 0 Å². The van der Waals surface area contributed by atoms with Crippen LogP contribution < -0.4 is 4.74 Å². The number of aromatic hydroxyl groups is 7. The lowest BCUT2D eigenvalue weighted by Crippen LogP contribution is -2.62. The average molecular weight is 748 g/mol. The maximum atomic E-state index is 13.3. The van der Waals surface area contributed by atoms with Gasteiger partial charge in [0.1, 0.15) is 53.5 Å². The number of aliphatic hydroxyl groups excluding tert-OH is 5. The van der Waals surface area contributed by atoms with Gasteiger partial charge in [0.2, 0.25) is 12.0 Å². The smallest absolute Gasteiger partial charge is 0.402 e. The van der Waals surface area contributed by atoms with E-state index in [2.05, 4.69) is 0 Å². The zero-order valence-electron chi connectivity index (χ0n) is 27.3. The van der Waals surface area contributed by atoms with Crippen LogP contribution in [-0.2, 0) is 18.9 Å². The van der Waals surface area contributed by atoms with Crippen molar-refractivity contribution in [3.05, 3.63) is 54.1 Å². The highest BCUT2D eigenvalue weighted by molar-refractivity contribution is 5.91. The maximum absolute atomic E-state index is 13.3. The molecule has 0 radical (unpaired) electrons. The number of aliphatic hydroxyl groups is 5. The summed E-state index contributed by atoms with van der Waals surface area (Å²) in [4.78, 5) is 13.3. The fourth-order valence-corrected chi connectivity index (χ4v) is 5.78. The van der Waals surface area contributed by atoms with Gasteiger partial charge in [-0.05, 0) is 31.2 Å². The van der Waals surface area contributed by atoms with E-state index in [1.165, 1.54) is 19.1 Å². The van der Waals surface area contributed by atoms with Crippen molar-refractivity contribution in [3.8, 4) is 57.3 Å². The van der Waals surface area contributed by atoms with Crippen LogP contribution in [-0.4, -0.2) is 135 Å². The molecule has 10 atom stereocenters. The van der Waals surface area contributed by atoms with Crippen LogP contribution in [0.4, 0.5) is 0 Å². The van der Waals surface area contributed by atoms with Crippen molar-refractivity contribution in [2.75, 3.05) is 6.61 Å². The van der Waals surface area contributed by atoms with Crippen LogP contribution in [0.1, 0.15) is 17.3 Å². The molecule has 4 unspecified atom stereocenters. The molecule has 12 N–H and O–H groups in total. The topological polar surface area (TPSA) is 317 Å². The number of rotatable bonds is 8. The Balaban J connectivity index is 1.38. The summed E-state index contributed by atoms with van der Waals surface area (Å²) in [6, 6.07) is 8.33. The van der Waals surface area contributed by atoms with E-state index in [4.69, 9.17) is 28.1 Å². The van der Waals surface area contributed by atoms with Crippen molar-refractivity contribution >= 4 is 16.9 Å². The molecule has 19 nitrogen and oxygen atoms in total. The third-order valence-corrected chi connectivity index (χ3v) is 8.72. The highest BCUT2D eigenvalue weighted by Gasteiger charge is 2.50. The first-order valence-electron chi connectivity index (χ1n) is 15.8. The number of phenols is 7. The van der Waals surface area contributed by atoms with Crippen molar-refractivity contribution in [3.63, 3.8) is 0 Å². The number of benzene rings is 3. The largest absolute Gasteiger partial charge is 0.507 e. The van der Waals surface area contributed by atoms with Gasteiger partial charge in [-0.2, -0.15) is 0 Å². The first-order valence-corrected chi connectivity index (χ1v) is 15.8. The summed E-state index contributed by atoms with van der Waals surface area (Å²) in [5.74, 6) is -6.55. The third-order valence-electron chi connectivity index (χ3n) is 8.72. The van der Waals surface area contributed by atoms with Gasteiger partial charge in [0.05, 0.1) is 29.9 Å². The molecule has 6 rings (SSSR count). The van der Waals surface area contributed by atoms with E-state index in [1.54, 1.807) is 0 Å². The Morgan fingerprint density at radius 3 is 2.09 bits per heavy atom. The summed E-state index contributed by atoms with van der Waals surface area (Å²) in [7, 11) is 0. The van der Waals surface area contributed by atoms with Crippen molar-refractivity contribution in [2.24, 2.45) is 0 Å². The van der Waals surface area contributed by atoms with Crippen LogP contribution in [0.5, 0.6) is 46.0 Å². The van der Waals surface area contributed by atoms with Crippen LogP contribution in [0.2, 0.25) is 0 Å². The Morgan fingerprint density at radius 2 is 1.42 bits per heavy atom. The molecular weight excluding hydrogens is 712 g/mol. The second-order valence-corrected chi connectivity index (χ2v) is 12.4. The van der Waals surface area contributed by atoms with Crippen LogP contribution >= 0.6 is 0 Å². The zero-order valence-corrected chi connectivity index (χ0v) is 27.3. The fraction of sp³-hybridized carbons (Fsp3) is 0.353. The lowest BCUT2D eigenvalue weighted by molar-refractivity contribution is -0.318. The molecule has 284 valence electrons. The number of esters is 1. The van der Waals surface area contributed by atoms with Gasteiger partial charge >= 0.3 is 17.3 Å². The van der Waals surface area contributed by atoms with Crippen LogP contribution in [0.3, 0.4) is 0 Å². The van der Waals surface area contributed by atoms with Crippen LogP contribution in [0.15, 0.2) is 52.9 Å². The van der Waals surface area contributed by atoms with E-state index in [9.17, 15) is 66.1 Å². The summed E-state index contributed by atoms with van der Waals surface area (Å²) < 4.78 is 34.4. The number of carbonyl (C=O) groups excluding carboxylic acids is 1. The first kappa shape index (κ1) is 37.4. The molecule has 53 heavy (non-hydrogen) atoms. The SMILES string of the molecule is CC1O[C@@H](OC[C@H]2O[C@@H](Oc3cc4c(O)cc(O)cc4[o+]c3-c3ccc(O)c(O)c3)C(OC(=O)c3cc(O)c(O)c(O)c3)C(O)[C@H]2O)[C@@H](O)C(O)[C@H]1O. The van der Waals surface area contributed by atoms with Gasteiger partial charge in [0, 0.05) is 18.2 Å². The predicted molar refractivity (Wildman–Crippen MR) is 173 cm³/mol. The molecule has 19 heteroatoms. The second kappa shape index (κ2) is 14.6. The molecule has 2 saturated heterocycles. The minimum atomic E-state index is -2.06. The molecular formula is C34H35O19+. The Morgan fingerprint density at radius 1 is 0.717 bits per heavy atom. The van der Waals surface area contributed by atoms with E-state index in [-0.39, 0.29) is 33.8 Å². The first-order chi connectivity index (χ1) is 25.0. The van der Waals surface area contributed by atoms with E-state index >= 15 is 0 Å². The molecule has 2 fully saturated rings. The molecule has 4 aromatic rings. The highest BCUT2D eigenvalue weighted by Crippen LogP contribution is 2.43. The number of hydrogen-bond donors (Lipinski definition) is 12. The summed E-state index contributed by atoms with van der Waals surface area (Å²) in [5.41, 5.74) is -0.558. The summed E-state index contributed by atoms with van der Waals surface area (Å²) >= 11 is 0. The van der Waals surface area contributed by atoms with Gasteiger partial charge in [-0.15, -0.1) is 0 Å². The molecule has 0 saturated carbocycles. The number of phenolic OH excluding ortho intramolecular Hbond substituents is 7. The zero-order chi connectivity index (χ0) is 38.5. The van der Waals surface area contributed by atoms with Gasteiger partial charge in [0.15, 0.2) is 41.1 Å². The second-order valence-electron chi connectivity index (χ2n) is 12.4. The number of ether oxygens (including phenoxy) is 5. The van der Waals surface area contributed by atoms with Gasteiger partial charge in [-0.1, -0.05) is 0 Å². The van der Waals surface area contributed by atoms with Crippen molar-refractivity contribution in [1.82, 2.24) is 0 Å². The quantitative estimate of drug-likeness (QED) is 0.0651. The van der Waals surface area contributed by atoms with Gasteiger partial charge < -0.3 is 85.0 Å². The summed E-state index contributed by atoms with van der Waals surface area (Å²) in [6.07, 6.45) is -16.8. The Labute approximate surface area is 297 Å². The normalized spacial score (nSPS) is 28.8. The minimum Gasteiger partial charge on any atom is -0.507 e. The van der Waals surface area contributed by atoms with E-state index in [1.807, 2.05) is 0 Å². The number of fused-ring (bicyclic) bond motifs is 1. The molecule has 0 spiro atoms. The number of carbonyl (C=O) groups is 1. The standard InChI is InChI=1S/C34H34O19/c1-11-24(41)27(44)29(46)33(49-11)48-10-23-26(43)28(45)31(53-32(47)13-5-19(39)25(42)20(40)6-13)34(52-23)51-22-9-15-17(37)7-14(35)8-21(15)50-30(22)12-2-3-16(36)18(38)4-12/h2-9,11,23-24,26-29,31,33-34,41,43-46H,10H2,1H3,(H6-,35,36,37,38,39,40,42,47)/p+1/t11?,23-,24+,26+,27?,28?,29+,31?,33-,34-/m1/s1. The third kappa shape index (κ3) is 7.32. The molecule has 0 bridgehead atoms. The lowest BCUT2D eigenvalue weighted by Gasteiger charge is -2.43. The Bertz CT molecular complexity index is 1980. The molecule has 2 aliphatic heterocycles. The molecule has 2 aliphatic rings. The molecule has 3 heterocycles. The molecule has 1 aromatic heterocycles. The molecule has 3 aromatic carbocycles. The highest BCUT2D eigenvalue weighted by atomic mass is 16.7.